The fraction of sp³-hybridized carbons (Fsp3) is 0.417. The van der Waals surface area contributed by atoms with Gasteiger partial charge in [0.1, 0.15) is 5.52 Å². The Kier molecular flexibility index (Phi) is 3.04. The summed E-state index contributed by atoms with van der Waals surface area (Å²) in [4.78, 5) is 14.4. The molecule has 0 unspecified atom stereocenters. The summed E-state index contributed by atoms with van der Waals surface area (Å²) in [5.74, 6) is 0. The third-order valence-electron chi connectivity index (χ3n) is 3.17. The van der Waals surface area contributed by atoms with Gasteiger partial charge in [0, 0.05) is 26.2 Å². The first-order chi connectivity index (χ1) is 8.84. The van der Waals surface area contributed by atoms with Crippen LogP contribution in [0.3, 0.4) is 0 Å². The summed E-state index contributed by atoms with van der Waals surface area (Å²) in [5, 5.41) is 12.0. The van der Waals surface area contributed by atoms with E-state index >= 15 is 0 Å². The molecule has 1 N–H and O–H groups in total. The number of piperazine rings is 1. The average Bonchev–Trinajstić information content (AvgIpc) is 2.43. The highest BCUT2D eigenvalue weighted by atomic mass is 16.1. The lowest BCUT2D eigenvalue weighted by molar-refractivity contribution is 0.177. The van der Waals surface area contributed by atoms with E-state index in [1.807, 2.05) is 12.1 Å². The Labute approximate surface area is 104 Å². The van der Waals surface area contributed by atoms with Crippen molar-refractivity contribution in [2.24, 2.45) is 0 Å². The van der Waals surface area contributed by atoms with Crippen LogP contribution in [0.1, 0.15) is 0 Å². The molecule has 94 valence electrons. The van der Waals surface area contributed by atoms with Crippen LogP contribution in [0.25, 0.3) is 10.9 Å². The monoisotopic (exact) mass is 245 g/mol. The highest BCUT2D eigenvalue weighted by molar-refractivity contribution is 5.76. The zero-order valence-corrected chi connectivity index (χ0v) is 10.0. The van der Waals surface area contributed by atoms with Gasteiger partial charge in [-0.3, -0.25) is 9.69 Å². The molecule has 1 aromatic carbocycles. The highest BCUT2D eigenvalue weighted by Crippen LogP contribution is 2.03. The van der Waals surface area contributed by atoms with Crippen LogP contribution in [-0.4, -0.2) is 46.1 Å². The quantitative estimate of drug-likeness (QED) is 0.784. The molecule has 6 nitrogen and oxygen atoms in total. The third kappa shape index (κ3) is 2.12. The summed E-state index contributed by atoms with van der Waals surface area (Å²) in [6.07, 6.45) is 0. The molecule has 2 aromatic rings. The van der Waals surface area contributed by atoms with Gasteiger partial charge in [0.2, 0.25) is 0 Å². The average molecular weight is 245 g/mol. The molecule has 18 heavy (non-hydrogen) atoms. The molecule has 0 radical (unpaired) electrons. The van der Waals surface area contributed by atoms with E-state index in [9.17, 15) is 4.79 Å². The largest absolute Gasteiger partial charge is 0.314 e. The standard InChI is InChI=1S/C12H15N5O/c18-12-10-3-1-2-4-11(10)14-15-17(12)9-16-7-5-13-6-8-16/h1-4,13H,5-9H2. The van der Waals surface area contributed by atoms with E-state index in [1.165, 1.54) is 4.68 Å². The lowest BCUT2D eigenvalue weighted by Crippen LogP contribution is -2.45. The van der Waals surface area contributed by atoms with E-state index in [-0.39, 0.29) is 5.56 Å². The first-order valence-electron chi connectivity index (χ1n) is 6.10. The van der Waals surface area contributed by atoms with Crippen LogP contribution in [0, 0.1) is 0 Å². The molecule has 1 aliphatic rings. The first-order valence-corrected chi connectivity index (χ1v) is 6.10. The van der Waals surface area contributed by atoms with E-state index in [1.54, 1.807) is 12.1 Å². The maximum absolute atomic E-state index is 12.2. The topological polar surface area (TPSA) is 63.1 Å². The SMILES string of the molecule is O=c1c2ccccc2nnn1CN1CCNCC1. The minimum absolute atomic E-state index is 0.0702. The Morgan fingerprint density at radius 1 is 1.22 bits per heavy atom. The predicted octanol–water partition coefficient (Wildman–Crippen LogP) is -0.346. The number of fused-ring (bicyclic) bond motifs is 1. The van der Waals surface area contributed by atoms with Gasteiger partial charge < -0.3 is 5.32 Å². The molecule has 0 aliphatic carbocycles. The molecule has 0 bridgehead atoms. The molecule has 1 aromatic heterocycles. The summed E-state index contributed by atoms with van der Waals surface area (Å²) < 4.78 is 1.44. The Morgan fingerprint density at radius 2 is 2.00 bits per heavy atom. The minimum atomic E-state index is -0.0702. The van der Waals surface area contributed by atoms with Gasteiger partial charge in [-0.25, -0.2) is 0 Å². The maximum atomic E-state index is 12.2. The Bertz CT molecular complexity index is 603. The van der Waals surface area contributed by atoms with Crippen LogP contribution >= 0.6 is 0 Å². The molecule has 0 saturated carbocycles. The molecule has 0 spiro atoms. The van der Waals surface area contributed by atoms with Crippen molar-refractivity contribution < 1.29 is 0 Å². The summed E-state index contributed by atoms with van der Waals surface area (Å²) in [5.41, 5.74) is 0.582. The van der Waals surface area contributed by atoms with Crippen LogP contribution < -0.4 is 10.9 Å². The Morgan fingerprint density at radius 3 is 2.83 bits per heavy atom. The second-order valence-corrected chi connectivity index (χ2v) is 4.42. The molecular weight excluding hydrogens is 230 g/mol. The number of hydrogen-bond donors (Lipinski definition) is 1. The van der Waals surface area contributed by atoms with Crippen LogP contribution in [0.4, 0.5) is 0 Å². The maximum Gasteiger partial charge on any atom is 0.278 e. The van der Waals surface area contributed by atoms with Crippen LogP contribution in [0.15, 0.2) is 29.1 Å². The molecule has 2 heterocycles. The van der Waals surface area contributed by atoms with Crippen LogP contribution in [0.2, 0.25) is 0 Å². The minimum Gasteiger partial charge on any atom is -0.314 e. The van der Waals surface area contributed by atoms with Gasteiger partial charge in [0.05, 0.1) is 12.1 Å². The summed E-state index contributed by atoms with van der Waals surface area (Å²) in [6, 6.07) is 7.30. The number of nitrogens with zero attached hydrogens (tertiary/aromatic N) is 4. The van der Waals surface area contributed by atoms with Crippen molar-refractivity contribution in [3.05, 3.63) is 34.6 Å². The second kappa shape index (κ2) is 4.83. The molecule has 1 saturated heterocycles. The van der Waals surface area contributed by atoms with Crippen molar-refractivity contribution in [3.8, 4) is 0 Å². The van der Waals surface area contributed by atoms with Crippen molar-refractivity contribution in [3.63, 3.8) is 0 Å². The van der Waals surface area contributed by atoms with Crippen LogP contribution in [-0.2, 0) is 6.67 Å². The number of benzene rings is 1. The van der Waals surface area contributed by atoms with Crippen molar-refractivity contribution in [1.82, 2.24) is 25.2 Å². The van der Waals surface area contributed by atoms with Gasteiger partial charge in [-0.1, -0.05) is 17.3 Å². The number of nitrogens with one attached hydrogen (secondary N) is 1. The van der Waals surface area contributed by atoms with E-state index in [0.29, 0.717) is 17.6 Å². The Hall–Kier alpha value is -1.79. The molecule has 3 rings (SSSR count). The van der Waals surface area contributed by atoms with Crippen molar-refractivity contribution >= 4 is 10.9 Å². The van der Waals surface area contributed by atoms with Crippen molar-refractivity contribution in [2.45, 2.75) is 6.67 Å². The number of rotatable bonds is 2. The van der Waals surface area contributed by atoms with E-state index in [4.69, 9.17) is 0 Å². The van der Waals surface area contributed by atoms with Gasteiger partial charge >= 0.3 is 0 Å². The normalized spacial score (nSPS) is 17.1. The molecule has 6 heteroatoms. The van der Waals surface area contributed by atoms with Gasteiger partial charge in [-0.2, -0.15) is 4.68 Å². The van der Waals surface area contributed by atoms with E-state index < -0.39 is 0 Å². The molecule has 0 amide bonds. The molecule has 1 aliphatic heterocycles. The number of hydrogen-bond acceptors (Lipinski definition) is 5. The van der Waals surface area contributed by atoms with E-state index in [2.05, 4.69) is 20.5 Å². The van der Waals surface area contributed by atoms with E-state index in [0.717, 1.165) is 26.2 Å². The van der Waals surface area contributed by atoms with Gasteiger partial charge in [-0.05, 0) is 12.1 Å². The lowest BCUT2D eigenvalue weighted by atomic mass is 10.2. The zero-order chi connectivity index (χ0) is 12.4. The van der Waals surface area contributed by atoms with Crippen molar-refractivity contribution in [1.29, 1.82) is 0 Å². The zero-order valence-electron chi connectivity index (χ0n) is 10.0. The summed E-state index contributed by atoms with van der Waals surface area (Å²) in [6.45, 7) is 4.28. The summed E-state index contributed by atoms with van der Waals surface area (Å²) in [7, 11) is 0. The molecular formula is C12H15N5O. The predicted molar refractivity (Wildman–Crippen MR) is 68.2 cm³/mol. The van der Waals surface area contributed by atoms with Crippen LogP contribution in [0.5, 0.6) is 0 Å². The van der Waals surface area contributed by atoms with Gasteiger partial charge in [0.15, 0.2) is 0 Å². The first kappa shape index (κ1) is 11.3. The van der Waals surface area contributed by atoms with Gasteiger partial charge in [-0.15, -0.1) is 5.10 Å². The van der Waals surface area contributed by atoms with Crippen molar-refractivity contribution in [2.75, 3.05) is 26.2 Å². The Balaban J connectivity index is 1.92. The molecule has 1 fully saturated rings. The highest BCUT2D eigenvalue weighted by Gasteiger charge is 2.12. The fourth-order valence-corrected chi connectivity index (χ4v) is 2.16. The number of aromatic nitrogens is 3. The smallest absolute Gasteiger partial charge is 0.278 e. The second-order valence-electron chi connectivity index (χ2n) is 4.42. The lowest BCUT2D eigenvalue weighted by Gasteiger charge is -2.26. The fourth-order valence-electron chi connectivity index (χ4n) is 2.16. The van der Waals surface area contributed by atoms with Gasteiger partial charge in [0.25, 0.3) is 5.56 Å². The third-order valence-corrected chi connectivity index (χ3v) is 3.17. The molecule has 0 atom stereocenters. The summed E-state index contributed by atoms with van der Waals surface area (Å²) >= 11 is 0.